The first-order valence-electron chi connectivity index (χ1n) is 7.39. The van der Waals surface area contributed by atoms with Gasteiger partial charge in [0.2, 0.25) is 0 Å². The molecular formula is C18H21NO4. The zero-order chi connectivity index (χ0) is 16.5. The van der Waals surface area contributed by atoms with Crippen molar-refractivity contribution < 1.29 is 19.0 Å². The summed E-state index contributed by atoms with van der Waals surface area (Å²) in [5.74, 6) is 1.24. The van der Waals surface area contributed by atoms with Gasteiger partial charge in [0.05, 0.1) is 6.61 Å². The molecule has 2 rings (SSSR count). The van der Waals surface area contributed by atoms with E-state index in [1.165, 1.54) is 0 Å². The smallest absolute Gasteiger partial charge is 0.262 e. The highest BCUT2D eigenvalue weighted by atomic mass is 16.5. The van der Waals surface area contributed by atoms with Gasteiger partial charge in [-0.3, -0.25) is 4.79 Å². The van der Waals surface area contributed by atoms with Gasteiger partial charge in [-0.25, -0.2) is 0 Å². The lowest BCUT2D eigenvalue weighted by atomic mass is 10.2. The van der Waals surface area contributed by atoms with Crippen LogP contribution in [-0.2, 0) is 9.53 Å². The Morgan fingerprint density at radius 2 is 1.74 bits per heavy atom. The van der Waals surface area contributed by atoms with E-state index in [1.807, 2.05) is 31.2 Å². The lowest BCUT2D eigenvalue weighted by molar-refractivity contribution is -0.118. The van der Waals surface area contributed by atoms with Gasteiger partial charge in [0.1, 0.15) is 18.1 Å². The van der Waals surface area contributed by atoms with E-state index in [-0.39, 0.29) is 12.5 Å². The fraction of sp³-hybridized carbons (Fsp3) is 0.278. The number of hydrogen-bond acceptors (Lipinski definition) is 4. The Labute approximate surface area is 136 Å². The Morgan fingerprint density at radius 1 is 1.00 bits per heavy atom. The molecule has 0 aliphatic carbocycles. The van der Waals surface area contributed by atoms with Gasteiger partial charge >= 0.3 is 0 Å². The molecule has 0 aromatic heterocycles. The highest BCUT2D eigenvalue weighted by molar-refractivity contribution is 5.91. The van der Waals surface area contributed by atoms with Crippen LogP contribution >= 0.6 is 0 Å². The number of hydrogen-bond donors (Lipinski definition) is 1. The Bertz CT molecular complexity index is 625. The first-order chi connectivity index (χ1) is 11.2. The van der Waals surface area contributed by atoms with Crippen molar-refractivity contribution in [3.63, 3.8) is 0 Å². The van der Waals surface area contributed by atoms with Crippen molar-refractivity contribution >= 4 is 11.6 Å². The van der Waals surface area contributed by atoms with E-state index in [2.05, 4.69) is 5.32 Å². The number of anilines is 1. The predicted octanol–water partition coefficient (Wildman–Crippen LogP) is 3.04. The molecule has 122 valence electrons. The van der Waals surface area contributed by atoms with Gasteiger partial charge in [-0.05, 0) is 42.8 Å². The number of benzene rings is 2. The molecule has 0 radical (unpaired) electrons. The van der Waals surface area contributed by atoms with Crippen LogP contribution in [0.3, 0.4) is 0 Å². The lowest BCUT2D eigenvalue weighted by Gasteiger charge is -2.10. The van der Waals surface area contributed by atoms with Gasteiger partial charge in [-0.15, -0.1) is 0 Å². The molecule has 1 N–H and O–H groups in total. The van der Waals surface area contributed by atoms with E-state index in [0.717, 1.165) is 11.3 Å². The van der Waals surface area contributed by atoms with Gasteiger partial charge in [0, 0.05) is 12.8 Å². The molecule has 0 bridgehead atoms. The molecular weight excluding hydrogens is 294 g/mol. The SMILES string of the molecule is COCCOc1ccc(NC(=O)COc2ccccc2C)cc1. The van der Waals surface area contributed by atoms with Crippen LogP contribution in [0.15, 0.2) is 48.5 Å². The molecule has 0 heterocycles. The summed E-state index contributed by atoms with van der Waals surface area (Å²) in [5.41, 5.74) is 1.69. The van der Waals surface area contributed by atoms with Crippen LogP contribution in [0.25, 0.3) is 0 Å². The van der Waals surface area contributed by atoms with Crippen LogP contribution < -0.4 is 14.8 Å². The first-order valence-corrected chi connectivity index (χ1v) is 7.39. The van der Waals surface area contributed by atoms with E-state index >= 15 is 0 Å². The summed E-state index contributed by atoms with van der Waals surface area (Å²) >= 11 is 0. The van der Waals surface area contributed by atoms with Crippen molar-refractivity contribution in [2.45, 2.75) is 6.92 Å². The highest BCUT2D eigenvalue weighted by Gasteiger charge is 2.05. The van der Waals surface area contributed by atoms with Crippen LogP contribution in [-0.4, -0.2) is 32.8 Å². The summed E-state index contributed by atoms with van der Waals surface area (Å²) in [6.07, 6.45) is 0. The maximum absolute atomic E-state index is 11.9. The van der Waals surface area contributed by atoms with Crippen LogP contribution in [0.5, 0.6) is 11.5 Å². The third-order valence-electron chi connectivity index (χ3n) is 3.15. The van der Waals surface area contributed by atoms with E-state index in [0.29, 0.717) is 24.7 Å². The molecule has 0 spiro atoms. The Morgan fingerprint density at radius 3 is 2.43 bits per heavy atom. The average molecular weight is 315 g/mol. The van der Waals surface area contributed by atoms with E-state index in [9.17, 15) is 4.79 Å². The second-order valence-corrected chi connectivity index (χ2v) is 4.97. The van der Waals surface area contributed by atoms with Crippen molar-refractivity contribution in [1.82, 2.24) is 0 Å². The van der Waals surface area contributed by atoms with E-state index in [1.54, 1.807) is 31.4 Å². The second-order valence-electron chi connectivity index (χ2n) is 4.97. The van der Waals surface area contributed by atoms with Crippen LogP contribution in [0.2, 0.25) is 0 Å². The average Bonchev–Trinajstić information content (AvgIpc) is 2.56. The molecule has 5 nitrogen and oxygen atoms in total. The van der Waals surface area contributed by atoms with Gasteiger partial charge < -0.3 is 19.5 Å². The molecule has 0 fully saturated rings. The zero-order valence-electron chi connectivity index (χ0n) is 13.4. The van der Waals surface area contributed by atoms with E-state index < -0.39 is 0 Å². The Kier molecular flexibility index (Phi) is 6.44. The normalized spacial score (nSPS) is 10.2. The van der Waals surface area contributed by atoms with Gasteiger partial charge in [-0.2, -0.15) is 0 Å². The van der Waals surface area contributed by atoms with Crippen LogP contribution in [0, 0.1) is 6.92 Å². The topological polar surface area (TPSA) is 56.8 Å². The summed E-state index contributed by atoms with van der Waals surface area (Å²) < 4.78 is 15.9. The minimum atomic E-state index is -0.207. The summed E-state index contributed by atoms with van der Waals surface area (Å²) in [4.78, 5) is 11.9. The lowest BCUT2D eigenvalue weighted by Crippen LogP contribution is -2.20. The second kappa shape index (κ2) is 8.80. The number of carbonyl (C=O) groups is 1. The number of aryl methyl sites for hydroxylation is 1. The number of amides is 1. The molecule has 0 aliphatic rings. The number of ether oxygens (including phenoxy) is 3. The van der Waals surface area contributed by atoms with Gasteiger partial charge in [0.15, 0.2) is 6.61 Å². The molecule has 0 saturated heterocycles. The fourth-order valence-electron chi connectivity index (χ4n) is 1.94. The van der Waals surface area contributed by atoms with Crippen molar-refractivity contribution in [3.8, 4) is 11.5 Å². The molecule has 5 heteroatoms. The minimum absolute atomic E-state index is 0.0308. The Balaban J connectivity index is 1.80. The van der Waals surface area contributed by atoms with Gasteiger partial charge in [0.25, 0.3) is 5.91 Å². The molecule has 0 unspecified atom stereocenters. The quantitative estimate of drug-likeness (QED) is 0.761. The summed E-state index contributed by atoms with van der Waals surface area (Å²) in [6, 6.07) is 14.8. The van der Waals surface area contributed by atoms with Crippen LogP contribution in [0.4, 0.5) is 5.69 Å². The van der Waals surface area contributed by atoms with Crippen molar-refractivity contribution in [3.05, 3.63) is 54.1 Å². The molecule has 0 saturated carbocycles. The predicted molar refractivity (Wildman–Crippen MR) is 89.1 cm³/mol. The first kappa shape index (κ1) is 16.8. The number of rotatable bonds is 8. The third kappa shape index (κ3) is 5.64. The zero-order valence-corrected chi connectivity index (χ0v) is 13.4. The van der Waals surface area contributed by atoms with Crippen molar-refractivity contribution in [2.75, 3.05) is 32.2 Å². The number of nitrogens with one attached hydrogen (secondary N) is 1. The monoisotopic (exact) mass is 315 g/mol. The molecule has 2 aromatic rings. The summed E-state index contributed by atoms with van der Waals surface area (Å²) in [7, 11) is 1.63. The molecule has 0 aliphatic heterocycles. The maximum Gasteiger partial charge on any atom is 0.262 e. The van der Waals surface area contributed by atoms with E-state index in [4.69, 9.17) is 14.2 Å². The molecule has 0 atom stereocenters. The number of para-hydroxylation sites is 1. The highest BCUT2D eigenvalue weighted by Crippen LogP contribution is 2.17. The van der Waals surface area contributed by atoms with Crippen LogP contribution in [0.1, 0.15) is 5.56 Å². The number of carbonyl (C=O) groups excluding carboxylic acids is 1. The maximum atomic E-state index is 11.9. The molecule has 2 aromatic carbocycles. The largest absolute Gasteiger partial charge is 0.491 e. The standard InChI is InChI=1S/C18H21NO4/c1-14-5-3-4-6-17(14)23-13-18(20)19-15-7-9-16(10-8-15)22-12-11-21-2/h3-10H,11-13H2,1-2H3,(H,19,20). The molecule has 1 amide bonds. The van der Waals surface area contributed by atoms with Gasteiger partial charge in [-0.1, -0.05) is 18.2 Å². The fourth-order valence-corrected chi connectivity index (χ4v) is 1.94. The minimum Gasteiger partial charge on any atom is -0.491 e. The van der Waals surface area contributed by atoms with Crippen molar-refractivity contribution in [1.29, 1.82) is 0 Å². The summed E-state index contributed by atoms with van der Waals surface area (Å²) in [5, 5.41) is 2.78. The third-order valence-corrected chi connectivity index (χ3v) is 3.15. The van der Waals surface area contributed by atoms with Crippen molar-refractivity contribution in [2.24, 2.45) is 0 Å². The Hall–Kier alpha value is -2.53. The summed E-state index contributed by atoms with van der Waals surface area (Å²) in [6.45, 7) is 2.94. The number of methoxy groups -OCH3 is 1. The molecule has 23 heavy (non-hydrogen) atoms.